The lowest BCUT2D eigenvalue weighted by Gasteiger charge is -2.25. The van der Waals surface area contributed by atoms with Gasteiger partial charge < -0.3 is 5.32 Å². The molecule has 35 heavy (non-hydrogen) atoms. The Bertz CT molecular complexity index is 1360. The zero-order chi connectivity index (χ0) is 24.2. The summed E-state index contributed by atoms with van der Waals surface area (Å²) in [5.74, 6) is -1.08. The summed E-state index contributed by atoms with van der Waals surface area (Å²) in [5.41, 5.74) is 3.52. The van der Waals surface area contributed by atoms with E-state index in [1.165, 1.54) is 46.0 Å². The molecule has 0 saturated carbocycles. The van der Waals surface area contributed by atoms with Crippen LogP contribution in [0.15, 0.2) is 78.9 Å². The van der Waals surface area contributed by atoms with E-state index >= 15 is 0 Å². The monoisotopic (exact) mass is 486 g/mol. The SMILES string of the molecule is O=C(Nc1cccc(C(=O)Nc2nc3c(s2)CN(Cc2ccccc2)CC3)c1)c1ccc(F)cc1. The van der Waals surface area contributed by atoms with Crippen molar-refractivity contribution in [2.45, 2.75) is 19.5 Å². The largest absolute Gasteiger partial charge is 0.322 e. The van der Waals surface area contributed by atoms with Gasteiger partial charge in [0.05, 0.1) is 5.69 Å². The van der Waals surface area contributed by atoms with Crippen molar-refractivity contribution >= 4 is 34.0 Å². The number of nitrogens with one attached hydrogen (secondary N) is 2. The highest BCUT2D eigenvalue weighted by atomic mass is 32.1. The lowest BCUT2D eigenvalue weighted by Crippen LogP contribution is -2.29. The summed E-state index contributed by atoms with van der Waals surface area (Å²) in [7, 11) is 0. The number of carbonyl (C=O) groups is 2. The van der Waals surface area contributed by atoms with Crippen LogP contribution in [0.5, 0.6) is 0 Å². The number of hydrogen-bond acceptors (Lipinski definition) is 5. The minimum atomic E-state index is -0.409. The van der Waals surface area contributed by atoms with Gasteiger partial charge in [-0.05, 0) is 48.0 Å². The molecular formula is C27H23FN4O2S. The topological polar surface area (TPSA) is 74.3 Å². The van der Waals surface area contributed by atoms with Crippen LogP contribution in [0, 0.1) is 5.82 Å². The van der Waals surface area contributed by atoms with Crippen LogP contribution in [0.4, 0.5) is 15.2 Å². The number of halogens is 1. The molecule has 0 radical (unpaired) electrons. The standard InChI is InChI=1S/C27H23FN4O2S/c28-21-11-9-19(10-12-21)25(33)29-22-8-4-7-20(15-22)26(34)31-27-30-23-13-14-32(17-24(23)35-27)16-18-5-2-1-3-6-18/h1-12,15H,13-14,16-17H2,(H,29,33)(H,30,31,34). The molecule has 0 atom stereocenters. The third-order valence-electron chi connectivity index (χ3n) is 5.77. The van der Waals surface area contributed by atoms with Gasteiger partial charge >= 0.3 is 0 Å². The lowest BCUT2D eigenvalue weighted by atomic mass is 10.1. The van der Waals surface area contributed by atoms with Gasteiger partial charge in [-0.3, -0.25) is 19.8 Å². The molecule has 2 N–H and O–H groups in total. The number of anilines is 2. The van der Waals surface area contributed by atoms with E-state index in [9.17, 15) is 14.0 Å². The first-order valence-corrected chi connectivity index (χ1v) is 12.1. The fraction of sp³-hybridized carbons (Fsp3) is 0.148. The number of thiazole rings is 1. The third kappa shape index (κ3) is 5.62. The van der Waals surface area contributed by atoms with Crippen molar-refractivity contribution in [2.75, 3.05) is 17.2 Å². The molecule has 6 nitrogen and oxygen atoms in total. The highest BCUT2D eigenvalue weighted by molar-refractivity contribution is 7.15. The normalized spacial score (nSPS) is 13.2. The second kappa shape index (κ2) is 10.2. The van der Waals surface area contributed by atoms with Gasteiger partial charge in [-0.2, -0.15) is 0 Å². The van der Waals surface area contributed by atoms with Gasteiger partial charge in [0, 0.05) is 47.7 Å². The molecule has 176 valence electrons. The van der Waals surface area contributed by atoms with Crippen LogP contribution < -0.4 is 10.6 Å². The first-order chi connectivity index (χ1) is 17.0. The van der Waals surface area contributed by atoms with Crippen LogP contribution in [0.3, 0.4) is 0 Å². The summed E-state index contributed by atoms with van der Waals surface area (Å²) in [6, 6.07) is 22.3. The van der Waals surface area contributed by atoms with Crippen molar-refractivity contribution in [3.05, 3.63) is 112 Å². The summed E-state index contributed by atoms with van der Waals surface area (Å²) in [5, 5.41) is 6.21. The van der Waals surface area contributed by atoms with Gasteiger partial charge in [0.1, 0.15) is 5.82 Å². The molecule has 0 spiro atoms. The van der Waals surface area contributed by atoms with Gasteiger partial charge in [-0.15, -0.1) is 11.3 Å². The van der Waals surface area contributed by atoms with Gasteiger partial charge in [0.2, 0.25) is 0 Å². The van der Waals surface area contributed by atoms with E-state index < -0.39 is 5.82 Å². The first-order valence-electron chi connectivity index (χ1n) is 11.3. The Labute approximate surface area is 206 Å². The molecule has 0 aliphatic carbocycles. The summed E-state index contributed by atoms with van der Waals surface area (Å²) in [4.78, 5) is 33.5. The van der Waals surface area contributed by atoms with Gasteiger partial charge in [-0.25, -0.2) is 9.37 Å². The molecule has 2 amide bonds. The maximum atomic E-state index is 13.1. The van der Waals surface area contributed by atoms with Crippen molar-refractivity contribution in [2.24, 2.45) is 0 Å². The fourth-order valence-corrected chi connectivity index (χ4v) is 5.04. The summed E-state index contributed by atoms with van der Waals surface area (Å²) in [6.07, 6.45) is 0.847. The number of amides is 2. The Morgan fingerprint density at radius 1 is 0.914 bits per heavy atom. The van der Waals surface area contributed by atoms with Gasteiger partial charge in [-0.1, -0.05) is 36.4 Å². The molecule has 8 heteroatoms. The summed E-state index contributed by atoms with van der Waals surface area (Å²) >= 11 is 1.50. The van der Waals surface area contributed by atoms with Crippen molar-refractivity contribution in [1.29, 1.82) is 0 Å². The molecule has 0 unspecified atom stereocenters. The molecule has 0 bridgehead atoms. The molecule has 1 aromatic heterocycles. The van der Waals surface area contributed by atoms with E-state index in [-0.39, 0.29) is 11.8 Å². The highest BCUT2D eigenvalue weighted by Crippen LogP contribution is 2.29. The lowest BCUT2D eigenvalue weighted by molar-refractivity contribution is 0.101. The maximum absolute atomic E-state index is 13.1. The minimum absolute atomic E-state index is 0.296. The van der Waals surface area contributed by atoms with Crippen LogP contribution >= 0.6 is 11.3 Å². The molecule has 1 aliphatic rings. The van der Waals surface area contributed by atoms with E-state index in [4.69, 9.17) is 0 Å². The number of nitrogens with zero attached hydrogens (tertiary/aromatic N) is 2. The van der Waals surface area contributed by atoms with E-state index in [2.05, 4.69) is 32.7 Å². The van der Waals surface area contributed by atoms with Gasteiger partial charge in [0.15, 0.2) is 5.13 Å². The first kappa shape index (κ1) is 22.9. The van der Waals surface area contributed by atoms with Crippen molar-refractivity contribution in [3.63, 3.8) is 0 Å². The number of benzene rings is 3. The molecule has 2 heterocycles. The predicted octanol–water partition coefficient (Wildman–Crippen LogP) is 5.35. The molecule has 5 rings (SSSR count). The van der Waals surface area contributed by atoms with Crippen LogP contribution in [0.25, 0.3) is 0 Å². The fourth-order valence-electron chi connectivity index (χ4n) is 3.99. The number of carbonyl (C=O) groups excluding carboxylic acids is 2. The number of aromatic nitrogens is 1. The zero-order valence-corrected chi connectivity index (χ0v) is 19.6. The Morgan fingerprint density at radius 3 is 2.49 bits per heavy atom. The molecule has 0 saturated heterocycles. The van der Waals surface area contributed by atoms with Crippen LogP contribution in [0.2, 0.25) is 0 Å². The van der Waals surface area contributed by atoms with Crippen LogP contribution in [-0.4, -0.2) is 28.2 Å². The van der Waals surface area contributed by atoms with E-state index in [0.717, 1.165) is 31.7 Å². The zero-order valence-electron chi connectivity index (χ0n) is 18.8. The van der Waals surface area contributed by atoms with Crippen molar-refractivity contribution < 1.29 is 14.0 Å². The number of rotatable bonds is 6. The molecule has 1 aliphatic heterocycles. The van der Waals surface area contributed by atoms with E-state index in [0.29, 0.717) is 21.9 Å². The van der Waals surface area contributed by atoms with Crippen LogP contribution in [0.1, 0.15) is 36.9 Å². The predicted molar refractivity (Wildman–Crippen MR) is 135 cm³/mol. The second-order valence-electron chi connectivity index (χ2n) is 8.33. The Hall–Kier alpha value is -3.88. The maximum Gasteiger partial charge on any atom is 0.257 e. The van der Waals surface area contributed by atoms with Crippen LogP contribution in [-0.2, 0) is 19.5 Å². The van der Waals surface area contributed by atoms with E-state index in [1.807, 2.05) is 18.2 Å². The minimum Gasteiger partial charge on any atom is -0.322 e. The van der Waals surface area contributed by atoms with Crippen molar-refractivity contribution in [3.8, 4) is 0 Å². The average Bonchev–Trinajstić information content (AvgIpc) is 3.26. The van der Waals surface area contributed by atoms with E-state index in [1.54, 1.807) is 24.3 Å². The smallest absolute Gasteiger partial charge is 0.257 e. The third-order valence-corrected chi connectivity index (χ3v) is 6.77. The highest BCUT2D eigenvalue weighted by Gasteiger charge is 2.22. The Balaban J connectivity index is 1.22. The molecule has 3 aromatic carbocycles. The van der Waals surface area contributed by atoms with Crippen molar-refractivity contribution in [1.82, 2.24) is 9.88 Å². The second-order valence-corrected chi connectivity index (χ2v) is 9.41. The van der Waals surface area contributed by atoms with Gasteiger partial charge in [0.25, 0.3) is 11.8 Å². The Morgan fingerprint density at radius 2 is 1.69 bits per heavy atom. The Kier molecular flexibility index (Phi) is 6.65. The summed E-state index contributed by atoms with van der Waals surface area (Å²) < 4.78 is 13.1. The number of hydrogen-bond donors (Lipinski definition) is 2. The quantitative estimate of drug-likeness (QED) is 0.386. The molecule has 4 aromatic rings. The average molecular weight is 487 g/mol. The summed E-state index contributed by atoms with van der Waals surface area (Å²) in [6.45, 7) is 2.62. The molecular weight excluding hydrogens is 463 g/mol. The molecule has 0 fully saturated rings. The number of fused-ring (bicyclic) bond motifs is 1.